The summed E-state index contributed by atoms with van der Waals surface area (Å²) < 4.78 is 0. The Kier molecular flexibility index (Phi) is 3.55. The number of nitrogens with zero attached hydrogens (tertiary/aromatic N) is 1. The number of aliphatic hydroxyl groups is 1. The first kappa shape index (κ1) is 12.9. The van der Waals surface area contributed by atoms with Gasteiger partial charge in [-0.05, 0) is 36.2 Å². The van der Waals surface area contributed by atoms with Crippen molar-refractivity contribution in [2.24, 2.45) is 0 Å². The fourth-order valence-corrected chi connectivity index (χ4v) is 1.99. The van der Waals surface area contributed by atoms with Crippen LogP contribution in [-0.2, 0) is 12.0 Å². The van der Waals surface area contributed by atoms with Crippen molar-refractivity contribution in [2.75, 3.05) is 5.73 Å². The van der Waals surface area contributed by atoms with E-state index in [1.165, 1.54) is 0 Å². The van der Waals surface area contributed by atoms with Gasteiger partial charge in [-0.2, -0.15) is 0 Å². The Hall–Kier alpha value is -1.58. The standard InChI is InChI=1S/C14H15ClN2O/c1-14(18,11-2-4-12(15)5-3-11)8-10-9-17-7-6-13(10)16/h2-7,9,18H,8H2,1H3,(H2,16,17). The van der Waals surface area contributed by atoms with E-state index in [1.54, 1.807) is 37.5 Å². The summed E-state index contributed by atoms with van der Waals surface area (Å²) in [5.74, 6) is 0. The van der Waals surface area contributed by atoms with Crippen LogP contribution in [0.4, 0.5) is 5.69 Å². The number of benzene rings is 1. The second-order valence-corrected chi connectivity index (χ2v) is 4.97. The van der Waals surface area contributed by atoms with E-state index in [-0.39, 0.29) is 0 Å². The fraction of sp³-hybridized carbons (Fsp3) is 0.214. The summed E-state index contributed by atoms with van der Waals surface area (Å²) in [4.78, 5) is 4.03. The van der Waals surface area contributed by atoms with E-state index in [4.69, 9.17) is 17.3 Å². The highest BCUT2D eigenvalue weighted by molar-refractivity contribution is 6.30. The minimum Gasteiger partial charge on any atom is -0.398 e. The van der Waals surface area contributed by atoms with Gasteiger partial charge in [0.2, 0.25) is 0 Å². The lowest BCUT2D eigenvalue weighted by Crippen LogP contribution is -2.24. The summed E-state index contributed by atoms with van der Waals surface area (Å²) in [5, 5.41) is 11.2. The van der Waals surface area contributed by atoms with Crippen LogP contribution in [0.15, 0.2) is 42.7 Å². The molecule has 0 saturated heterocycles. The fourth-order valence-electron chi connectivity index (χ4n) is 1.87. The number of hydrogen-bond acceptors (Lipinski definition) is 3. The lowest BCUT2D eigenvalue weighted by Gasteiger charge is -2.24. The van der Waals surface area contributed by atoms with Gasteiger partial charge in [0.1, 0.15) is 0 Å². The number of rotatable bonds is 3. The zero-order valence-electron chi connectivity index (χ0n) is 10.1. The molecule has 2 aromatic rings. The molecular formula is C14H15ClN2O. The quantitative estimate of drug-likeness (QED) is 0.894. The third-order valence-electron chi connectivity index (χ3n) is 2.94. The average molecular weight is 263 g/mol. The van der Waals surface area contributed by atoms with E-state index in [1.807, 2.05) is 12.1 Å². The van der Waals surface area contributed by atoms with Crippen LogP contribution in [0.2, 0.25) is 5.02 Å². The third kappa shape index (κ3) is 2.81. The first-order chi connectivity index (χ1) is 8.49. The molecule has 0 spiro atoms. The Labute approximate surface area is 111 Å². The Morgan fingerprint density at radius 3 is 2.56 bits per heavy atom. The number of halogens is 1. The smallest absolute Gasteiger partial charge is 0.0910 e. The molecule has 1 unspecified atom stereocenters. The lowest BCUT2D eigenvalue weighted by atomic mass is 9.89. The highest BCUT2D eigenvalue weighted by Crippen LogP contribution is 2.28. The summed E-state index contributed by atoms with van der Waals surface area (Å²) in [6.07, 6.45) is 3.73. The highest BCUT2D eigenvalue weighted by Gasteiger charge is 2.24. The molecule has 2 rings (SSSR count). The van der Waals surface area contributed by atoms with Crippen molar-refractivity contribution in [1.29, 1.82) is 0 Å². The van der Waals surface area contributed by atoms with Crippen molar-refractivity contribution in [1.82, 2.24) is 4.98 Å². The van der Waals surface area contributed by atoms with Gasteiger partial charge < -0.3 is 10.8 Å². The average Bonchev–Trinajstić information content (AvgIpc) is 2.32. The van der Waals surface area contributed by atoms with Gasteiger partial charge in [0, 0.05) is 29.5 Å². The molecule has 1 atom stereocenters. The predicted octanol–water partition coefficient (Wildman–Crippen LogP) is 2.77. The van der Waals surface area contributed by atoms with Crippen molar-refractivity contribution in [3.05, 3.63) is 58.9 Å². The molecule has 3 nitrogen and oxygen atoms in total. The predicted molar refractivity (Wildman–Crippen MR) is 73.4 cm³/mol. The molecular weight excluding hydrogens is 248 g/mol. The van der Waals surface area contributed by atoms with E-state index in [9.17, 15) is 5.11 Å². The van der Waals surface area contributed by atoms with Gasteiger partial charge >= 0.3 is 0 Å². The van der Waals surface area contributed by atoms with Crippen molar-refractivity contribution in [3.63, 3.8) is 0 Å². The number of hydrogen-bond donors (Lipinski definition) is 2. The normalized spacial score (nSPS) is 14.2. The molecule has 0 radical (unpaired) electrons. The van der Waals surface area contributed by atoms with Gasteiger partial charge in [0.25, 0.3) is 0 Å². The molecule has 1 heterocycles. The van der Waals surface area contributed by atoms with Crippen LogP contribution in [-0.4, -0.2) is 10.1 Å². The number of pyridine rings is 1. The summed E-state index contributed by atoms with van der Waals surface area (Å²) >= 11 is 5.84. The maximum Gasteiger partial charge on any atom is 0.0910 e. The number of aromatic nitrogens is 1. The zero-order valence-corrected chi connectivity index (χ0v) is 10.9. The summed E-state index contributed by atoms with van der Waals surface area (Å²) in [6.45, 7) is 1.75. The molecule has 3 N–H and O–H groups in total. The van der Waals surface area contributed by atoms with Gasteiger partial charge in [-0.3, -0.25) is 4.98 Å². The van der Waals surface area contributed by atoms with Crippen LogP contribution >= 0.6 is 11.6 Å². The molecule has 0 amide bonds. The Bertz CT molecular complexity index is 538. The Morgan fingerprint density at radius 2 is 1.94 bits per heavy atom. The summed E-state index contributed by atoms with van der Waals surface area (Å²) in [7, 11) is 0. The largest absolute Gasteiger partial charge is 0.398 e. The van der Waals surface area contributed by atoms with Crippen molar-refractivity contribution < 1.29 is 5.11 Å². The second kappa shape index (κ2) is 4.96. The van der Waals surface area contributed by atoms with Crippen LogP contribution in [0.25, 0.3) is 0 Å². The maximum absolute atomic E-state index is 10.5. The van der Waals surface area contributed by atoms with Gasteiger partial charge in [-0.25, -0.2) is 0 Å². The molecule has 1 aromatic carbocycles. The summed E-state index contributed by atoms with van der Waals surface area (Å²) in [5.41, 5.74) is 7.13. The van der Waals surface area contributed by atoms with Gasteiger partial charge in [-0.1, -0.05) is 23.7 Å². The topological polar surface area (TPSA) is 59.1 Å². The second-order valence-electron chi connectivity index (χ2n) is 4.53. The van der Waals surface area contributed by atoms with Gasteiger partial charge in [0.05, 0.1) is 5.60 Å². The van der Waals surface area contributed by atoms with E-state index in [2.05, 4.69) is 4.98 Å². The highest BCUT2D eigenvalue weighted by atomic mass is 35.5. The first-order valence-electron chi connectivity index (χ1n) is 5.66. The van der Waals surface area contributed by atoms with Crippen molar-refractivity contribution >= 4 is 17.3 Å². The van der Waals surface area contributed by atoms with Gasteiger partial charge in [0.15, 0.2) is 0 Å². The molecule has 1 aromatic heterocycles. The zero-order chi connectivity index (χ0) is 13.2. The van der Waals surface area contributed by atoms with Crippen LogP contribution in [0.3, 0.4) is 0 Å². The molecule has 18 heavy (non-hydrogen) atoms. The molecule has 0 bridgehead atoms. The van der Waals surface area contributed by atoms with Crippen LogP contribution in [0.5, 0.6) is 0 Å². The van der Waals surface area contributed by atoms with Gasteiger partial charge in [-0.15, -0.1) is 0 Å². The molecule has 4 heteroatoms. The first-order valence-corrected chi connectivity index (χ1v) is 6.03. The third-order valence-corrected chi connectivity index (χ3v) is 3.19. The van der Waals surface area contributed by atoms with Crippen molar-refractivity contribution in [2.45, 2.75) is 18.9 Å². The van der Waals surface area contributed by atoms with Crippen LogP contribution in [0.1, 0.15) is 18.1 Å². The minimum atomic E-state index is -0.998. The van der Waals surface area contributed by atoms with E-state index >= 15 is 0 Å². The van der Waals surface area contributed by atoms with Crippen LogP contribution in [0, 0.1) is 0 Å². The van der Waals surface area contributed by atoms with Crippen molar-refractivity contribution in [3.8, 4) is 0 Å². The number of nitrogens with two attached hydrogens (primary N) is 1. The van der Waals surface area contributed by atoms with E-state index < -0.39 is 5.60 Å². The maximum atomic E-state index is 10.5. The SMILES string of the molecule is CC(O)(Cc1cnccc1N)c1ccc(Cl)cc1. The molecule has 94 valence electrons. The molecule has 0 aliphatic rings. The Balaban J connectivity index is 2.27. The molecule has 0 fully saturated rings. The molecule has 0 aliphatic carbocycles. The number of nitrogen functional groups attached to an aromatic ring is 1. The Morgan fingerprint density at radius 1 is 1.28 bits per heavy atom. The summed E-state index contributed by atoms with van der Waals surface area (Å²) in [6, 6.07) is 8.88. The lowest BCUT2D eigenvalue weighted by molar-refractivity contribution is 0.0577. The van der Waals surface area contributed by atoms with E-state index in [0.29, 0.717) is 17.1 Å². The minimum absolute atomic E-state index is 0.411. The van der Waals surface area contributed by atoms with Crippen LogP contribution < -0.4 is 5.73 Å². The molecule has 0 aliphatic heterocycles. The molecule has 0 saturated carbocycles. The monoisotopic (exact) mass is 262 g/mol. The van der Waals surface area contributed by atoms with E-state index in [0.717, 1.165) is 11.1 Å². The number of anilines is 1.